The number of fused-ring (bicyclic) bond motifs is 1. The van der Waals surface area contributed by atoms with E-state index in [0.717, 1.165) is 53.5 Å². The number of ether oxygens (including phenoxy) is 1. The van der Waals surface area contributed by atoms with Crippen LogP contribution in [0.3, 0.4) is 0 Å². The highest BCUT2D eigenvalue weighted by atomic mass is 16.5. The second-order valence-corrected chi connectivity index (χ2v) is 28.8. The lowest BCUT2D eigenvalue weighted by Gasteiger charge is -2.33. The number of nitrogens with two attached hydrogens (primary N) is 3. The molecule has 25 N–H and O–H groups in total. The maximum atomic E-state index is 15.0. The van der Waals surface area contributed by atoms with Crippen molar-refractivity contribution in [3.63, 3.8) is 0 Å². The summed E-state index contributed by atoms with van der Waals surface area (Å²) >= 11 is 0. The van der Waals surface area contributed by atoms with Crippen LogP contribution in [0.2, 0.25) is 0 Å². The van der Waals surface area contributed by atoms with Gasteiger partial charge in [-0.2, -0.15) is 0 Å². The van der Waals surface area contributed by atoms with Crippen LogP contribution in [0.1, 0.15) is 157 Å². The van der Waals surface area contributed by atoms with Crippen LogP contribution < -0.4 is 81.0 Å². The number of aromatic nitrogens is 1. The molecular weight excluding hydrogens is 1550 g/mol. The van der Waals surface area contributed by atoms with Crippen molar-refractivity contribution in [2.45, 2.75) is 242 Å². The zero-order valence-electron chi connectivity index (χ0n) is 66.3. The number of hydrogen-bond donors (Lipinski definition) is 22. The quantitative estimate of drug-likeness (QED) is 0.0221. The van der Waals surface area contributed by atoms with Crippen molar-refractivity contribution in [2.75, 3.05) is 26.7 Å². The van der Waals surface area contributed by atoms with Gasteiger partial charge >= 0.3 is 29.8 Å². The number of benzene rings is 1. The summed E-state index contributed by atoms with van der Waals surface area (Å²) in [4.78, 5) is 277. The van der Waals surface area contributed by atoms with E-state index in [2.05, 4.69) is 61.4 Å². The van der Waals surface area contributed by atoms with E-state index >= 15 is 4.79 Å². The van der Waals surface area contributed by atoms with Gasteiger partial charge in [-0.05, 0) is 81.9 Å². The highest BCUT2D eigenvalue weighted by molar-refractivity contribution is 6.02. The molecule has 4 unspecified atom stereocenters. The molecule has 44 heteroatoms. The maximum absolute atomic E-state index is 15.0. The van der Waals surface area contributed by atoms with Crippen LogP contribution in [0.4, 0.5) is 0 Å². The smallest absolute Gasteiger partial charge is 0.335 e. The van der Waals surface area contributed by atoms with Gasteiger partial charge in [0.15, 0.2) is 12.2 Å². The van der Waals surface area contributed by atoms with Crippen molar-refractivity contribution in [1.29, 1.82) is 0 Å². The Balaban J connectivity index is 2.29. The zero-order chi connectivity index (χ0) is 88.2. The van der Waals surface area contributed by atoms with E-state index in [4.69, 9.17) is 21.9 Å². The molecule has 1 aliphatic heterocycles. The molecule has 1 fully saturated rings. The zero-order valence-corrected chi connectivity index (χ0v) is 66.3. The number of cyclic esters (lactones) is 1. The lowest BCUT2D eigenvalue weighted by atomic mass is 9.94. The number of rotatable bonds is 37. The number of carbonyl (C=O) groups is 20. The van der Waals surface area contributed by atoms with Gasteiger partial charge in [-0.1, -0.05) is 91.3 Å². The first kappa shape index (κ1) is 99.2. The summed E-state index contributed by atoms with van der Waals surface area (Å²) in [6.45, 7) is 7.67. The molecule has 1 aromatic carbocycles. The molecule has 650 valence electrons. The van der Waals surface area contributed by atoms with Crippen LogP contribution in [0.25, 0.3) is 10.9 Å². The summed E-state index contributed by atoms with van der Waals surface area (Å²) < 4.78 is 5.77. The largest absolute Gasteiger partial charge is 0.481 e. The number of carboxylic acids is 4. The Bertz CT molecular complexity index is 3890. The number of likely N-dealkylation sites (N-methyl/N-ethyl adjacent to an activating group) is 1. The highest BCUT2D eigenvalue weighted by Crippen LogP contribution is 2.22. The number of carbonyl (C=O) groups excluding carboxylic acids is 16. The molecule has 0 spiro atoms. The highest BCUT2D eigenvalue weighted by Gasteiger charge is 2.44. The third-order valence-corrected chi connectivity index (χ3v) is 19.3. The number of amides is 15. The van der Waals surface area contributed by atoms with E-state index in [9.17, 15) is 122 Å². The predicted molar refractivity (Wildman–Crippen MR) is 408 cm³/mol. The molecule has 1 aromatic heterocycles. The van der Waals surface area contributed by atoms with Crippen LogP contribution in [0, 0.1) is 17.8 Å². The number of hydrogen-bond acceptors (Lipinski definition) is 24. The van der Waals surface area contributed by atoms with Crippen molar-refractivity contribution >= 4 is 129 Å². The van der Waals surface area contributed by atoms with Crippen LogP contribution >= 0.6 is 0 Å². The van der Waals surface area contributed by atoms with Crippen molar-refractivity contribution in [3.8, 4) is 0 Å². The molecule has 1 saturated heterocycles. The normalized spacial score (nSPS) is 22.3. The van der Waals surface area contributed by atoms with Crippen molar-refractivity contribution < 1.29 is 131 Å². The number of H-pyrrole nitrogens is 1. The third kappa shape index (κ3) is 33.4. The molecular formula is C73H111N17O27. The van der Waals surface area contributed by atoms with Gasteiger partial charge in [0.1, 0.15) is 72.6 Å². The summed E-state index contributed by atoms with van der Waals surface area (Å²) in [6, 6.07) is -16.1. The number of esters is 1. The minimum Gasteiger partial charge on any atom is -0.481 e. The van der Waals surface area contributed by atoms with Crippen LogP contribution in [-0.2, 0) is 107 Å². The number of unbranched alkanes of at least 4 members (excludes halogenated alkanes) is 4. The summed E-state index contributed by atoms with van der Waals surface area (Å²) in [5.74, 6) is -31.3. The number of carboxylic acid groups (broad SMARTS) is 4. The molecule has 15 amide bonds. The summed E-state index contributed by atoms with van der Waals surface area (Å²) in [7, 11) is 0.890. The minimum atomic E-state index is -2.84. The Kier molecular flexibility index (Phi) is 41.6. The molecule has 2 heterocycles. The van der Waals surface area contributed by atoms with Crippen LogP contribution in [-0.4, -0.2) is 270 Å². The number of nitrogens with zero attached hydrogens (tertiary/aromatic N) is 1. The second-order valence-electron chi connectivity index (χ2n) is 28.8. The van der Waals surface area contributed by atoms with E-state index in [1.165, 1.54) is 13.8 Å². The average Bonchev–Trinajstić information content (AvgIpc) is 1.64. The summed E-state index contributed by atoms with van der Waals surface area (Å²) in [5, 5.41) is 88.2. The number of aliphatic carboxylic acids is 4. The van der Waals surface area contributed by atoms with Gasteiger partial charge in [-0.25, -0.2) is 9.59 Å². The Morgan fingerprint density at radius 3 is 1.81 bits per heavy atom. The first-order valence-corrected chi connectivity index (χ1v) is 38.1. The molecule has 0 bridgehead atoms. The lowest BCUT2D eigenvalue weighted by molar-refractivity contribution is -0.159. The van der Waals surface area contributed by atoms with E-state index in [1.807, 2.05) is 21.3 Å². The van der Waals surface area contributed by atoms with Gasteiger partial charge in [0, 0.05) is 43.4 Å². The number of para-hydroxylation sites is 1. The monoisotopic (exact) mass is 1660 g/mol. The van der Waals surface area contributed by atoms with Gasteiger partial charge in [0.05, 0.1) is 32.4 Å². The molecule has 0 radical (unpaired) electrons. The van der Waals surface area contributed by atoms with E-state index in [-0.39, 0.29) is 38.6 Å². The van der Waals surface area contributed by atoms with Crippen molar-refractivity contribution in [3.05, 3.63) is 36.0 Å². The number of nitrogens with one attached hydrogen (secondary N) is 13. The fourth-order valence-corrected chi connectivity index (χ4v) is 12.0. The van der Waals surface area contributed by atoms with Gasteiger partial charge < -0.3 is 126 Å². The fourth-order valence-electron chi connectivity index (χ4n) is 12.0. The molecule has 1 aliphatic rings. The van der Waals surface area contributed by atoms with Gasteiger partial charge in [-0.3, -0.25) is 86.3 Å². The Labute approximate surface area is 672 Å². The standard InChI is InChI=1S/C73H111N17O27/c1-9-34(3)19-13-11-12-14-23-48(92)80-44(28-39-31-77-41-21-16-15-20-40(39)41)65(107)83-43(24-25-51(95)96)64(106)88-57(59(101)61(76)103)70(112)87-56-38(7)117-73(116)55(35(4)10-2)86-69(111)54(36(5)27-52(97)98)85-67(109)45(29-47(75)91)81-49(93)32-78-68(110)58(60(102)72(114)115)89-63(105)42(22-17-18-26-74)82-66(108)46(30-53(99)100)84-62(104)37(6)79-50(94)33-90(8)71(56)113/h15-16,20-21,31,34-38,42-46,54-60,77,101-102H,9-14,17-19,22-30,32-33,74H2,1-8H3,(H2,75,91)(H2,76,103)(H,78,110)(H,79,94)(H,80,92)(H,81,93)(H,82,108)(H,83,107)(H,84,104)(H,85,109)(H,86,111)(H,87,112)(H,88,106)(H,89,105)(H,95,96)(H,97,98)(H,99,100)(H,114,115)/t34?,35-,36?,37-,38+,42+,43+,44-,45+,46-,54-,55-,56-,57-,58-,59?,60?/m0/s1. The first-order chi connectivity index (χ1) is 54.9. The van der Waals surface area contributed by atoms with Gasteiger partial charge in [0.2, 0.25) is 88.6 Å². The molecule has 3 rings (SSSR count). The number of aromatic amines is 1. The van der Waals surface area contributed by atoms with Crippen LogP contribution in [0.5, 0.6) is 0 Å². The molecule has 117 heavy (non-hydrogen) atoms. The minimum absolute atomic E-state index is 0.0135. The Hall–Kier alpha value is -12.0. The maximum Gasteiger partial charge on any atom is 0.335 e. The molecule has 17 atom stereocenters. The van der Waals surface area contributed by atoms with Crippen LogP contribution in [0.15, 0.2) is 30.5 Å². The lowest BCUT2D eigenvalue weighted by Crippen LogP contribution is -2.64. The number of aliphatic hydroxyl groups is 2. The van der Waals surface area contributed by atoms with Crippen molar-refractivity contribution in [2.24, 2.45) is 35.0 Å². The summed E-state index contributed by atoms with van der Waals surface area (Å²) in [6.07, 6.45) is -6.89. The molecule has 0 aliphatic carbocycles. The molecule has 0 saturated carbocycles. The Morgan fingerprint density at radius 1 is 0.598 bits per heavy atom. The molecule has 44 nitrogen and oxygen atoms in total. The second kappa shape index (κ2) is 49.1. The van der Waals surface area contributed by atoms with Gasteiger partial charge in [0.25, 0.3) is 0 Å². The third-order valence-electron chi connectivity index (χ3n) is 19.3. The predicted octanol–water partition coefficient (Wildman–Crippen LogP) is -6.24. The van der Waals surface area contributed by atoms with E-state index in [1.54, 1.807) is 30.5 Å². The molecule has 2 aromatic rings. The number of primary amides is 2. The van der Waals surface area contributed by atoms with Gasteiger partial charge in [-0.15, -0.1) is 0 Å². The van der Waals surface area contributed by atoms with Crippen molar-refractivity contribution in [1.82, 2.24) is 73.7 Å². The number of aliphatic hydroxyl groups excluding tert-OH is 2. The van der Waals surface area contributed by atoms with E-state index in [0.29, 0.717) is 40.1 Å². The SMILES string of the molecule is CCC(C)CCCCCCC(=O)N[C@@H](Cc1c[nH]c2ccccc12)C(=O)N[C@H](CCC(=O)O)C(=O)N[C@H](C(=O)N[C@@H]1C(=O)N(C)CC(=O)N[C@@H](C)C(=O)N[C@@H](CC(=O)O)C(=O)N[C@H](CCCCN)C(=O)N[C@@H](C(O)C(=O)O)C(=O)NCC(=O)N[C@H](CC(N)=O)C(=O)N[C@@H](C(C)CC(=O)O)C(=O)N[C@@H]([C@@H](C)CC)C(=O)O[C@@H]1C)C(O)C(N)=O. The summed E-state index contributed by atoms with van der Waals surface area (Å²) in [5.41, 5.74) is 17.7. The fraction of sp³-hybridized carbons (Fsp3) is 0.616. The topological polar surface area (TPSA) is 713 Å². The van der Waals surface area contributed by atoms with E-state index < -0.39 is 267 Å². The average molecular weight is 1660 g/mol. The first-order valence-electron chi connectivity index (χ1n) is 38.1. The Morgan fingerprint density at radius 2 is 1.21 bits per heavy atom.